The van der Waals surface area contributed by atoms with Crippen molar-refractivity contribution in [3.05, 3.63) is 65.5 Å². The second-order valence-corrected chi connectivity index (χ2v) is 8.65. The summed E-state index contributed by atoms with van der Waals surface area (Å²) in [5.41, 5.74) is 3.80. The number of nitrogens with one attached hydrogen (secondary N) is 1. The van der Waals surface area contributed by atoms with Crippen molar-refractivity contribution in [2.75, 3.05) is 32.6 Å². The Morgan fingerprint density at radius 2 is 1.72 bits per heavy atom. The average molecular weight is 452 g/mol. The second-order valence-electron chi connectivity index (χ2n) is 7.66. The molecule has 0 unspecified atom stereocenters. The van der Waals surface area contributed by atoms with Gasteiger partial charge in [-0.2, -0.15) is 0 Å². The number of hydrogen-bond acceptors (Lipinski definition) is 5. The summed E-state index contributed by atoms with van der Waals surface area (Å²) in [5, 5.41) is 2.86. The van der Waals surface area contributed by atoms with Crippen LogP contribution in [-0.2, 0) is 0 Å². The molecule has 8 heteroatoms. The van der Waals surface area contributed by atoms with E-state index in [1.165, 1.54) is 4.90 Å². The van der Waals surface area contributed by atoms with Gasteiger partial charge in [-0.3, -0.25) is 9.59 Å². The van der Waals surface area contributed by atoms with E-state index in [4.69, 9.17) is 9.47 Å². The van der Waals surface area contributed by atoms with Gasteiger partial charge >= 0.3 is 0 Å². The molecule has 1 aliphatic heterocycles. The van der Waals surface area contributed by atoms with Gasteiger partial charge in [0.05, 0.1) is 11.3 Å². The number of para-hydroxylation sites is 1. The number of carbonyl (C=O) groups is 2. The van der Waals surface area contributed by atoms with Crippen molar-refractivity contribution in [3.8, 4) is 17.2 Å². The van der Waals surface area contributed by atoms with E-state index in [1.807, 2.05) is 60.9 Å². The zero-order chi connectivity index (χ0) is 22.8. The van der Waals surface area contributed by atoms with Crippen molar-refractivity contribution in [1.29, 1.82) is 0 Å². The number of ether oxygens (including phenoxy) is 2. The lowest BCUT2D eigenvalue weighted by atomic mass is 10.2. The predicted octanol–water partition coefficient (Wildman–Crippen LogP) is 4.89. The number of rotatable bonds is 4. The second kappa shape index (κ2) is 9.00. The summed E-state index contributed by atoms with van der Waals surface area (Å²) >= 11 is 1.08. The van der Waals surface area contributed by atoms with Crippen molar-refractivity contribution in [1.82, 2.24) is 9.47 Å². The molecule has 0 bridgehead atoms. The maximum absolute atomic E-state index is 13.2. The molecule has 2 aromatic carbocycles. The molecular formula is C24H25N3O4S. The molecule has 2 heterocycles. The molecule has 0 atom stereocenters. The maximum Gasteiger partial charge on any atom is 0.286 e. The van der Waals surface area contributed by atoms with Crippen molar-refractivity contribution >= 4 is 28.6 Å². The minimum absolute atomic E-state index is 0.108. The number of aromatic nitrogens is 1. The summed E-state index contributed by atoms with van der Waals surface area (Å²) < 4.78 is 13.3. The predicted molar refractivity (Wildman–Crippen MR) is 126 cm³/mol. The Morgan fingerprint density at radius 3 is 2.47 bits per heavy atom. The minimum Gasteiger partial charge on any atom is -0.486 e. The van der Waals surface area contributed by atoms with E-state index < -0.39 is 0 Å². The minimum atomic E-state index is -0.229. The van der Waals surface area contributed by atoms with Gasteiger partial charge in [-0.25, -0.2) is 0 Å². The number of benzene rings is 2. The first-order chi connectivity index (χ1) is 15.3. The highest BCUT2D eigenvalue weighted by molar-refractivity contribution is 8.13. The summed E-state index contributed by atoms with van der Waals surface area (Å²) in [4.78, 5) is 27.5. The van der Waals surface area contributed by atoms with Crippen LogP contribution < -0.4 is 14.8 Å². The zero-order valence-electron chi connectivity index (χ0n) is 18.5. The van der Waals surface area contributed by atoms with Crippen LogP contribution in [0.5, 0.6) is 11.5 Å². The van der Waals surface area contributed by atoms with Crippen LogP contribution in [-0.4, -0.2) is 47.9 Å². The summed E-state index contributed by atoms with van der Waals surface area (Å²) in [6, 6.07) is 14.9. The fourth-order valence-electron chi connectivity index (χ4n) is 3.60. The van der Waals surface area contributed by atoms with Gasteiger partial charge in [0.1, 0.15) is 13.2 Å². The molecule has 0 aliphatic carbocycles. The lowest BCUT2D eigenvalue weighted by Gasteiger charge is -2.20. The van der Waals surface area contributed by atoms with Gasteiger partial charge in [0, 0.05) is 42.1 Å². The van der Waals surface area contributed by atoms with Gasteiger partial charge in [-0.05, 0) is 55.9 Å². The Labute approximate surface area is 191 Å². The largest absolute Gasteiger partial charge is 0.486 e. The highest BCUT2D eigenvalue weighted by Gasteiger charge is 2.20. The van der Waals surface area contributed by atoms with Crippen molar-refractivity contribution in [2.24, 2.45) is 0 Å². The fourth-order valence-corrected chi connectivity index (χ4v) is 4.34. The lowest BCUT2D eigenvalue weighted by Crippen LogP contribution is -2.17. The Hall–Kier alpha value is -3.39. The zero-order valence-corrected chi connectivity index (χ0v) is 19.3. The Morgan fingerprint density at radius 1 is 1.00 bits per heavy atom. The van der Waals surface area contributed by atoms with Gasteiger partial charge in [-0.15, -0.1) is 0 Å². The highest BCUT2D eigenvalue weighted by Crippen LogP contribution is 2.34. The van der Waals surface area contributed by atoms with Crippen LogP contribution in [0.15, 0.2) is 53.4 Å². The molecule has 4 rings (SSSR count). The summed E-state index contributed by atoms with van der Waals surface area (Å²) in [6.45, 7) is 4.93. The molecule has 1 N–H and O–H groups in total. The number of fused-ring (bicyclic) bond motifs is 1. The number of aryl methyl sites for hydroxylation is 1. The van der Waals surface area contributed by atoms with Gasteiger partial charge in [0.25, 0.3) is 11.1 Å². The van der Waals surface area contributed by atoms with E-state index in [0.29, 0.717) is 35.1 Å². The number of nitrogens with zero attached hydrogens (tertiary/aromatic N) is 2. The topological polar surface area (TPSA) is 72.8 Å². The Kier molecular flexibility index (Phi) is 6.14. The molecule has 0 saturated heterocycles. The van der Waals surface area contributed by atoms with E-state index in [1.54, 1.807) is 20.2 Å². The quantitative estimate of drug-likeness (QED) is 0.572. The van der Waals surface area contributed by atoms with Gasteiger partial charge in [-0.1, -0.05) is 12.1 Å². The average Bonchev–Trinajstić information content (AvgIpc) is 3.08. The van der Waals surface area contributed by atoms with Crippen molar-refractivity contribution < 1.29 is 19.1 Å². The molecule has 0 fully saturated rings. The molecule has 0 radical (unpaired) electrons. The first-order valence-electron chi connectivity index (χ1n) is 10.2. The molecule has 3 aromatic rings. The van der Waals surface area contributed by atoms with Crippen LogP contribution in [0.4, 0.5) is 10.5 Å². The molecule has 7 nitrogen and oxygen atoms in total. The third-order valence-corrected chi connectivity index (χ3v) is 6.27. The van der Waals surface area contributed by atoms with Crippen LogP contribution in [0.25, 0.3) is 5.69 Å². The molecule has 166 valence electrons. The Bertz CT molecular complexity index is 1190. The first-order valence-corrected chi connectivity index (χ1v) is 11.1. The van der Waals surface area contributed by atoms with E-state index in [-0.39, 0.29) is 11.1 Å². The third-order valence-electron chi connectivity index (χ3n) is 5.16. The number of thioether (sulfide) groups is 1. The summed E-state index contributed by atoms with van der Waals surface area (Å²) in [6.07, 6.45) is 0. The number of hydrogen-bond donors (Lipinski definition) is 1. The fraction of sp³-hybridized carbons (Fsp3) is 0.250. The standard InChI is InChI=1S/C24H25N3O4S/c1-15-13-18(16(2)27(15)17-9-10-20-21(14-17)31-12-11-30-20)23(28)25-19-7-5-6-8-22(19)32-24(29)26(3)4/h5-10,13-14H,11-12H2,1-4H3,(H,25,28). The van der Waals surface area contributed by atoms with Crippen LogP contribution in [0.1, 0.15) is 21.7 Å². The van der Waals surface area contributed by atoms with Gasteiger partial charge in [0.15, 0.2) is 11.5 Å². The molecule has 2 amide bonds. The van der Waals surface area contributed by atoms with Crippen LogP contribution in [0.2, 0.25) is 0 Å². The third kappa shape index (κ3) is 4.31. The summed E-state index contributed by atoms with van der Waals surface area (Å²) in [7, 11) is 3.40. The van der Waals surface area contributed by atoms with Crippen molar-refractivity contribution in [2.45, 2.75) is 18.7 Å². The normalized spacial score (nSPS) is 12.4. The molecule has 0 spiro atoms. The SMILES string of the molecule is Cc1cc(C(=O)Nc2ccccc2SC(=O)N(C)C)c(C)n1-c1ccc2c(c1)OCCO2. The van der Waals surface area contributed by atoms with Crippen molar-refractivity contribution in [3.63, 3.8) is 0 Å². The monoisotopic (exact) mass is 451 g/mol. The highest BCUT2D eigenvalue weighted by atomic mass is 32.2. The maximum atomic E-state index is 13.2. The molecule has 32 heavy (non-hydrogen) atoms. The van der Waals surface area contributed by atoms with Crippen LogP contribution >= 0.6 is 11.8 Å². The smallest absolute Gasteiger partial charge is 0.286 e. The number of anilines is 1. The van der Waals surface area contributed by atoms with E-state index in [0.717, 1.165) is 34.6 Å². The Balaban J connectivity index is 1.61. The lowest BCUT2D eigenvalue weighted by molar-refractivity contribution is 0.102. The number of amides is 2. The van der Waals surface area contributed by atoms with E-state index in [9.17, 15) is 9.59 Å². The van der Waals surface area contributed by atoms with Crippen LogP contribution in [0, 0.1) is 13.8 Å². The van der Waals surface area contributed by atoms with Gasteiger partial charge < -0.3 is 24.3 Å². The van der Waals surface area contributed by atoms with E-state index >= 15 is 0 Å². The molecule has 1 aliphatic rings. The van der Waals surface area contributed by atoms with Crippen LogP contribution in [0.3, 0.4) is 0 Å². The van der Waals surface area contributed by atoms with E-state index in [2.05, 4.69) is 5.32 Å². The molecular weight excluding hydrogens is 426 g/mol. The molecule has 0 saturated carbocycles. The molecule has 1 aromatic heterocycles. The summed E-state index contributed by atoms with van der Waals surface area (Å²) in [5.74, 6) is 1.19. The first kappa shape index (κ1) is 21.8. The number of carbonyl (C=O) groups excluding carboxylic acids is 2. The van der Waals surface area contributed by atoms with Gasteiger partial charge in [0.2, 0.25) is 0 Å².